The topological polar surface area (TPSA) is 104 Å². The molecule has 1 aromatic heterocycles. The van der Waals surface area contributed by atoms with Crippen LogP contribution >= 0.6 is 0 Å². The minimum Gasteiger partial charge on any atom is -0.494 e. The van der Waals surface area contributed by atoms with Gasteiger partial charge in [-0.2, -0.15) is 0 Å². The van der Waals surface area contributed by atoms with Gasteiger partial charge >= 0.3 is 5.69 Å². The van der Waals surface area contributed by atoms with E-state index in [0.717, 1.165) is 4.57 Å². The average Bonchev–Trinajstić information content (AvgIpc) is 2.24. The Morgan fingerprint density at radius 1 is 1.24 bits per heavy atom. The van der Waals surface area contributed by atoms with E-state index in [0.29, 0.717) is 0 Å². The van der Waals surface area contributed by atoms with Crippen LogP contribution in [-0.4, -0.2) is 26.1 Å². The largest absolute Gasteiger partial charge is 0.494 e. The molecule has 7 nitrogen and oxygen atoms in total. The molecule has 0 saturated heterocycles. The van der Waals surface area contributed by atoms with Gasteiger partial charge in [-0.15, -0.1) is 0 Å². The number of nitrogens with one attached hydrogen (secondary N) is 2. The highest BCUT2D eigenvalue weighted by molar-refractivity contribution is 5.80. The van der Waals surface area contributed by atoms with E-state index in [4.69, 9.17) is 0 Å². The van der Waals surface area contributed by atoms with Crippen molar-refractivity contribution in [2.24, 2.45) is 0 Å². The van der Waals surface area contributed by atoms with Crippen LogP contribution in [0.15, 0.2) is 9.59 Å². The van der Waals surface area contributed by atoms with Crippen LogP contribution < -0.4 is 16.6 Å². The normalized spacial score (nSPS) is 13.3. The van der Waals surface area contributed by atoms with Gasteiger partial charge in [0.05, 0.1) is 5.56 Å². The van der Waals surface area contributed by atoms with E-state index in [1.165, 1.54) is 6.92 Å². The Labute approximate surface area is 123 Å². The first kappa shape index (κ1) is 17.0. The molecule has 1 unspecified atom stereocenters. The predicted octanol–water partition coefficient (Wildman–Crippen LogP) is 0.841. The molecule has 0 bridgehead atoms. The van der Waals surface area contributed by atoms with Gasteiger partial charge in [0.1, 0.15) is 6.04 Å². The number of hydrogen-bond donors (Lipinski definition) is 3. The Bertz CT molecular complexity index is 650. The van der Waals surface area contributed by atoms with Gasteiger partial charge in [0, 0.05) is 5.54 Å². The summed E-state index contributed by atoms with van der Waals surface area (Å²) in [4.78, 5) is 38.0. The summed E-state index contributed by atoms with van der Waals surface area (Å²) < 4.78 is 0.901. The smallest absolute Gasteiger partial charge is 0.331 e. The quantitative estimate of drug-likeness (QED) is 0.769. The second-order valence-corrected chi connectivity index (χ2v) is 6.44. The molecule has 3 N–H and O–H groups in total. The summed E-state index contributed by atoms with van der Waals surface area (Å²) >= 11 is 0. The third kappa shape index (κ3) is 3.74. The summed E-state index contributed by atoms with van der Waals surface area (Å²) in [5.74, 6) is -1.16. The van der Waals surface area contributed by atoms with E-state index >= 15 is 0 Å². The van der Waals surface area contributed by atoms with E-state index in [1.807, 2.05) is 20.8 Å². The van der Waals surface area contributed by atoms with Gasteiger partial charge in [-0.1, -0.05) is 13.8 Å². The van der Waals surface area contributed by atoms with Crippen LogP contribution in [0.4, 0.5) is 0 Å². The molecule has 0 aliphatic rings. The molecule has 1 heterocycles. The molecule has 1 aromatic rings. The molecule has 0 saturated carbocycles. The Morgan fingerprint density at radius 3 is 2.19 bits per heavy atom. The maximum atomic E-state index is 12.2. The van der Waals surface area contributed by atoms with E-state index < -0.39 is 34.6 Å². The second kappa shape index (κ2) is 5.75. The Kier molecular flexibility index (Phi) is 4.65. The number of nitrogens with zero attached hydrogens (tertiary/aromatic N) is 1. The lowest BCUT2D eigenvalue weighted by atomic mass is 10.1. The van der Waals surface area contributed by atoms with Gasteiger partial charge in [0.2, 0.25) is 11.8 Å². The first-order chi connectivity index (χ1) is 9.45. The van der Waals surface area contributed by atoms with Crippen molar-refractivity contribution in [3.05, 3.63) is 26.4 Å². The minimum atomic E-state index is -0.939. The lowest BCUT2D eigenvalue weighted by molar-refractivity contribution is -0.125. The maximum absolute atomic E-state index is 12.2. The molecular formula is C14H23N3O4. The van der Waals surface area contributed by atoms with Gasteiger partial charge in [-0.25, -0.2) is 4.79 Å². The summed E-state index contributed by atoms with van der Waals surface area (Å²) in [6.07, 6.45) is 0. The summed E-state index contributed by atoms with van der Waals surface area (Å²) in [5.41, 5.74) is -1.82. The number of carbonyl (C=O) groups is 1. The average molecular weight is 297 g/mol. The van der Waals surface area contributed by atoms with Crippen LogP contribution in [0.1, 0.15) is 59.1 Å². The molecule has 0 aromatic carbocycles. The number of aromatic nitrogens is 2. The molecule has 1 amide bonds. The number of amides is 1. The van der Waals surface area contributed by atoms with Gasteiger partial charge < -0.3 is 10.4 Å². The lowest BCUT2D eigenvalue weighted by Gasteiger charge is -2.25. The molecule has 1 rings (SSSR count). The number of aromatic amines is 1. The molecule has 0 aliphatic heterocycles. The third-order valence-corrected chi connectivity index (χ3v) is 3.00. The summed E-state index contributed by atoms with van der Waals surface area (Å²) in [5, 5.41) is 12.9. The molecule has 0 spiro atoms. The van der Waals surface area contributed by atoms with Gasteiger partial charge in [0.25, 0.3) is 5.56 Å². The SMILES string of the molecule is CC(C)c1c(O)n(C(C)C(=O)NC(C)(C)C)c(=O)[nH]c1=O. The number of H-pyrrole nitrogens is 1. The zero-order valence-electron chi connectivity index (χ0n) is 13.3. The van der Waals surface area contributed by atoms with E-state index in [1.54, 1.807) is 13.8 Å². The molecule has 0 fully saturated rings. The van der Waals surface area contributed by atoms with Crippen LogP contribution in [0.25, 0.3) is 0 Å². The first-order valence-corrected chi connectivity index (χ1v) is 6.85. The van der Waals surface area contributed by atoms with Crippen molar-refractivity contribution in [2.75, 3.05) is 0 Å². The minimum absolute atomic E-state index is 0.0880. The fraction of sp³-hybridized carbons (Fsp3) is 0.643. The Hall–Kier alpha value is -2.05. The molecule has 21 heavy (non-hydrogen) atoms. The van der Waals surface area contributed by atoms with E-state index in [-0.39, 0.29) is 11.5 Å². The van der Waals surface area contributed by atoms with Gasteiger partial charge in [0.15, 0.2) is 0 Å². The monoisotopic (exact) mass is 297 g/mol. The number of aromatic hydroxyl groups is 1. The zero-order chi connectivity index (χ0) is 16.5. The van der Waals surface area contributed by atoms with Crippen molar-refractivity contribution in [1.82, 2.24) is 14.9 Å². The molecule has 0 radical (unpaired) electrons. The first-order valence-electron chi connectivity index (χ1n) is 6.85. The summed E-state index contributed by atoms with van der Waals surface area (Å²) in [6, 6.07) is -0.939. The zero-order valence-corrected chi connectivity index (χ0v) is 13.3. The predicted molar refractivity (Wildman–Crippen MR) is 79.7 cm³/mol. The highest BCUT2D eigenvalue weighted by Crippen LogP contribution is 2.22. The second-order valence-electron chi connectivity index (χ2n) is 6.44. The van der Waals surface area contributed by atoms with Crippen molar-refractivity contribution in [3.63, 3.8) is 0 Å². The van der Waals surface area contributed by atoms with E-state index in [9.17, 15) is 19.5 Å². The van der Waals surface area contributed by atoms with Gasteiger partial charge in [-0.05, 0) is 33.6 Å². The lowest BCUT2D eigenvalue weighted by Crippen LogP contribution is -2.46. The van der Waals surface area contributed by atoms with Crippen LogP contribution in [0.5, 0.6) is 5.88 Å². The van der Waals surface area contributed by atoms with Crippen molar-refractivity contribution < 1.29 is 9.90 Å². The van der Waals surface area contributed by atoms with Crippen molar-refractivity contribution >= 4 is 5.91 Å². The van der Waals surface area contributed by atoms with Crippen LogP contribution in [0.2, 0.25) is 0 Å². The molecule has 1 atom stereocenters. The maximum Gasteiger partial charge on any atom is 0.331 e. The highest BCUT2D eigenvalue weighted by Gasteiger charge is 2.26. The molecule has 0 aliphatic carbocycles. The highest BCUT2D eigenvalue weighted by atomic mass is 16.3. The number of carbonyl (C=O) groups excluding carboxylic acids is 1. The van der Waals surface area contributed by atoms with Crippen molar-refractivity contribution in [3.8, 4) is 5.88 Å². The Balaban J connectivity index is 3.37. The van der Waals surface area contributed by atoms with E-state index in [2.05, 4.69) is 10.3 Å². The van der Waals surface area contributed by atoms with Crippen LogP contribution in [0, 0.1) is 0 Å². The van der Waals surface area contributed by atoms with Crippen molar-refractivity contribution in [1.29, 1.82) is 0 Å². The number of rotatable bonds is 3. The third-order valence-electron chi connectivity index (χ3n) is 3.00. The van der Waals surface area contributed by atoms with Crippen molar-refractivity contribution in [2.45, 2.75) is 59.0 Å². The van der Waals surface area contributed by atoms with Crippen LogP contribution in [-0.2, 0) is 4.79 Å². The molecule has 7 heteroatoms. The standard InChI is InChI=1S/C14H23N3O4/c1-7(2)9-11(19)15-13(21)17(12(9)20)8(3)10(18)16-14(4,5)6/h7-8,20H,1-6H3,(H,16,18)(H,15,19,21). The molecule has 118 valence electrons. The fourth-order valence-electron chi connectivity index (χ4n) is 2.02. The Morgan fingerprint density at radius 2 is 1.76 bits per heavy atom. The fourth-order valence-corrected chi connectivity index (χ4v) is 2.02. The summed E-state index contributed by atoms with van der Waals surface area (Å²) in [6.45, 7) is 10.4. The number of hydrogen-bond acceptors (Lipinski definition) is 4. The molecular weight excluding hydrogens is 274 g/mol. The van der Waals surface area contributed by atoms with Gasteiger partial charge in [-0.3, -0.25) is 19.1 Å². The summed E-state index contributed by atoms with van der Waals surface area (Å²) in [7, 11) is 0. The van der Waals surface area contributed by atoms with Crippen LogP contribution in [0.3, 0.4) is 0 Å².